The van der Waals surface area contributed by atoms with E-state index in [0.717, 1.165) is 22.8 Å². The fourth-order valence-corrected chi connectivity index (χ4v) is 3.16. The van der Waals surface area contributed by atoms with E-state index < -0.39 is 0 Å². The standard InChI is InChI=1S/C13H17BrClN/c1-9-5-10(2)16(8-9)13-4-3-11(7-14)6-12(13)15/h3-4,6,9-10H,5,7-8H2,1-2H3. The van der Waals surface area contributed by atoms with Gasteiger partial charge in [0.2, 0.25) is 0 Å². The van der Waals surface area contributed by atoms with Gasteiger partial charge in [0.15, 0.2) is 0 Å². The van der Waals surface area contributed by atoms with Crippen LogP contribution in [0.25, 0.3) is 0 Å². The summed E-state index contributed by atoms with van der Waals surface area (Å²) in [6.45, 7) is 5.70. The van der Waals surface area contributed by atoms with Crippen LogP contribution in [-0.4, -0.2) is 12.6 Å². The van der Waals surface area contributed by atoms with Crippen molar-refractivity contribution < 1.29 is 0 Å². The highest BCUT2D eigenvalue weighted by Gasteiger charge is 2.27. The Morgan fingerprint density at radius 3 is 2.69 bits per heavy atom. The average molecular weight is 303 g/mol. The van der Waals surface area contributed by atoms with Crippen LogP contribution >= 0.6 is 27.5 Å². The van der Waals surface area contributed by atoms with E-state index in [-0.39, 0.29) is 0 Å². The fourth-order valence-electron chi connectivity index (χ4n) is 2.50. The third-order valence-electron chi connectivity index (χ3n) is 3.26. The van der Waals surface area contributed by atoms with Gasteiger partial charge in [-0.15, -0.1) is 0 Å². The van der Waals surface area contributed by atoms with Crippen LogP contribution in [-0.2, 0) is 5.33 Å². The topological polar surface area (TPSA) is 3.24 Å². The van der Waals surface area contributed by atoms with Crippen molar-refractivity contribution in [2.45, 2.75) is 31.6 Å². The summed E-state index contributed by atoms with van der Waals surface area (Å²) in [7, 11) is 0. The molecule has 0 aromatic heterocycles. The molecule has 0 N–H and O–H groups in total. The zero-order valence-electron chi connectivity index (χ0n) is 9.71. The van der Waals surface area contributed by atoms with Gasteiger partial charge in [0.25, 0.3) is 0 Å². The number of halogens is 2. The Balaban J connectivity index is 2.27. The molecule has 2 unspecified atom stereocenters. The first-order chi connectivity index (χ1) is 7.61. The predicted molar refractivity (Wildman–Crippen MR) is 74.7 cm³/mol. The molecule has 0 spiro atoms. The summed E-state index contributed by atoms with van der Waals surface area (Å²) in [5.74, 6) is 0.766. The molecule has 1 nitrogen and oxygen atoms in total. The van der Waals surface area contributed by atoms with Gasteiger partial charge >= 0.3 is 0 Å². The summed E-state index contributed by atoms with van der Waals surface area (Å²) < 4.78 is 0. The number of rotatable bonds is 2. The highest BCUT2D eigenvalue weighted by atomic mass is 79.9. The monoisotopic (exact) mass is 301 g/mol. The molecule has 1 aliphatic heterocycles. The molecule has 3 heteroatoms. The second-order valence-corrected chi connectivity index (χ2v) is 5.73. The molecular weight excluding hydrogens is 286 g/mol. The van der Waals surface area contributed by atoms with Gasteiger partial charge in [-0.25, -0.2) is 0 Å². The largest absolute Gasteiger partial charge is 0.367 e. The molecule has 2 atom stereocenters. The average Bonchev–Trinajstić information content (AvgIpc) is 2.57. The van der Waals surface area contributed by atoms with Crippen molar-refractivity contribution >= 4 is 33.2 Å². The maximum atomic E-state index is 6.34. The SMILES string of the molecule is CC1CC(C)N(c2ccc(CBr)cc2Cl)C1. The minimum absolute atomic E-state index is 0.599. The highest BCUT2D eigenvalue weighted by molar-refractivity contribution is 9.08. The summed E-state index contributed by atoms with van der Waals surface area (Å²) in [6.07, 6.45) is 1.26. The van der Waals surface area contributed by atoms with Crippen molar-refractivity contribution in [3.05, 3.63) is 28.8 Å². The Labute approximate surface area is 111 Å². The van der Waals surface area contributed by atoms with Gasteiger partial charge in [0.1, 0.15) is 0 Å². The Hall–Kier alpha value is -0.210. The van der Waals surface area contributed by atoms with Crippen LogP contribution < -0.4 is 4.90 Å². The molecule has 2 rings (SSSR count). The van der Waals surface area contributed by atoms with Crippen molar-refractivity contribution in [2.24, 2.45) is 5.92 Å². The van der Waals surface area contributed by atoms with Gasteiger partial charge in [-0.3, -0.25) is 0 Å². The molecule has 1 aromatic carbocycles. The molecule has 0 radical (unpaired) electrons. The number of hydrogen-bond acceptors (Lipinski definition) is 1. The van der Waals surface area contributed by atoms with Crippen molar-refractivity contribution in [3.63, 3.8) is 0 Å². The molecule has 1 fully saturated rings. The molecule has 0 aliphatic carbocycles. The second kappa shape index (κ2) is 4.97. The van der Waals surface area contributed by atoms with Crippen LogP contribution in [0.4, 0.5) is 5.69 Å². The first-order valence-corrected chi connectivity index (χ1v) is 7.22. The van der Waals surface area contributed by atoms with Gasteiger partial charge < -0.3 is 4.90 Å². The molecule has 16 heavy (non-hydrogen) atoms. The third-order valence-corrected chi connectivity index (χ3v) is 4.21. The van der Waals surface area contributed by atoms with Gasteiger partial charge in [-0.05, 0) is 37.0 Å². The first kappa shape index (κ1) is 12.3. The van der Waals surface area contributed by atoms with Crippen LogP contribution in [0.15, 0.2) is 18.2 Å². The fraction of sp³-hybridized carbons (Fsp3) is 0.538. The summed E-state index contributed by atoms with van der Waals surface area (Å²) in [4.78, 5) is 2.42. The molecule has 1 aromatic rings. The van der Waals surface area contributed by atoms with E-state index in [1.54, 1.807) is 0 Å². The summed E-state index contributed by atoms with van der Waals surface area (Å²) in [5.41, 5.74) is 2.41. The molecule has 1 aliphatic rings. The summed E-state index contributed by atoms with van der Waals surface area (Å²) in [5, 5.41) is 1.73. The Morgan fingerprint density at radius 1 is 1.44 bits per heavy atom. The molecular formula is C13H17BrClN. The van der Waals surface area contributed by atoms with Crippen LogP contribution in [0, 0.1) is 5.92 Å². The van der Waals surface area contributed by atoms with Crippen LogP contribution in [0.3, 0.4) is 0 Å². The van der Waals surface area contributed by atoms with Gasteiger partial charge in [0.05, 0.1) is 10.7 Å². The lowest BCUT2D eigenvalue weighted by Crippen LogP contribution is -2.26. The number of benzene rings is 1. The maximum absolute atomic E-state index is 6.34. The number of anilines is 1. The zero-order valence-corrected chi connectivity index (χ0v) is 12.1. The molecule has 88 valence electrons. The Kier molecular flexibility index (Phi) is 3.81. The second-order valence-electron chi connectivity index (χ2n) is 4.76. The van der Waals surface area contributed by atoms with Crippen molar-refractivity contribution in [1.82, 2.24) is 0 Å². The van der Waals surface area contributed by atoms with Crippen LogP contribution in [0.5, 0.6) is 0 Å². The zero-order chi connectivity index (χ0) is 11.7. The lowest BCUT2D eigenvalue weighted by molar-refractivity contribution is 0.625. The van der Waals surface area contributed by atoms with Gasteiger partial charge in [-0.2, -0.15) is 0 Å². The predicted octanol–water partition coefficient (Wildman–Crippen LogP) is 4.47. The van der Waals surface area contributed by atoms with Gasteiger partial charge in [0, 0.05) is 17.9 Å². The lowest BCUT2D eigenvalue weighted by Gasteiger charge is -2.25. The van der Waals surface area contributed by atoms with E-state index in [9.17, 15) is 0 Å². The highest BCUT2D eigenvalue weighted by Crippen LogP contribution is 2.34. The minimum Gasteiger partial charge on any atom is -0.367 e. The smallest absolute Gasteiger partial charge is 0.0642 e. The first-order valence-electron chi connectivity index (χ1n) is 5.73. The van der Waals surface area contributed by atoms with Crippen molar-refractivity contribution in [3.8, 4) is 0 Å². The quantitative estimate of drug-likeness (QED) is 0.729. The number of alkyl halides is 1. The summed E-state index contributed by atoms with van der Waals surface area (Å²) >= 11 is 9.79. The normalized spacial score (nSPS) is 25.1. The van der Waals surface area contributed by atoms with E-state index in [0.29, 0.717) is 6.04 Å². The Morgan fingerprint density at radius 2 is 2.19 bits per heavy atom. The molecule has 0 bridgehead atoms. The molecule has 1 saturated heterocycles. The van der Waals surface area contributed by atoms with E-state index in [4.69, 9.17) is 11.6 Å². The van der Waals surface area contributed by atoms with Crippen molar-refractivity contribution in [1.29, 1.82) is 0 Å². The van der Waals surface area contributed by atoms with E-state index in [1.807, 2.05) is 0 Å². The third kappa shape index (κ3) is 2.38. The lowest BCUT2D eigenvalue weighted by atomic mass is 10.1. The van der Waals surface area contributed by atoms with E-state index >= 15 is 0 Å². The molecule has 0 saturated carbocycles. The minimum atomic E-state index is 0.599. The summed E-state index contributed by atoms with van der Waals surface area (Å²) in [6, 6.07) is 6.95. The molecule has 0 amide bonds. The Bertz CT molecular complexity index is 380. The van der Waals surface area contributed by atoms with E-state index in [1.165, 1.54) is 17.7 Å². The van der Waals surface area contributed by atoms with Crippen LogP contribution in [0.2, 0.25) is 5.02 Å². The molecule has 1 heterocycles. The van der Waals surface area contributed by atoms with Crippen molar-refractivity contribution in [2.75, 3.05) is 11.4 Å². The number of hydrogen-bond donors (Lipinski definition) is 0. The number of nitrogens with zero attached hydrogens (tertiary/aromatic N) is 1. The van der Waals surface area contributed by atoms with Crippen LogP contribution in [0.1, 0.15) is 25.8 Å². The van der Waals surface area contributed by atoms with E-state index in [2.05, 4.69) is 52.9 Å². The van der Waals surface area contributed by atoms with Gasteiger partial charge in [-0.1, -0.05) is 40.5 Å². The maximum Gasteiger partial charge on any atom is 0.0642 e.